The molecule has 0 amide bonds. The van der Waals surface area contributed by atoms with E-state index < -0.39 is 60.2 Å². The number of aliphatic carboxylic acids is 6. The Morgan fingerprint density at radius 2 is 0.521 bits per heavy atom. The van der Waals surface area contributed by atoms with Crippen LogP contribution in [0.4, 0.5) is 0 Å². The summed E-state index contributed by atoms with van der Waals surface area (Å²) in [5.74, 6) is -5.89. The van der Waals surface area contributed by atoms with E-state index >= 15 is 0 Å². The third-order valence-electron chi connectivity index (χ3n) is 4.08. The van der Waals surface area contributed by atoms with Gasteiger partial charge in [0.1, 0.15) is 11.2 Å². The smallest absolute Gasteiger partial charge is 0.327 e. The molecule has 16 heteroatoms. The molecule has 0 radical (unpaired) electrons. The normalized spacial score (nSPS) is 11.6. The fraction of sp³-hybridized carbons (Fsp3) is 0.438. The zero-order chi connectivity index (χ0) is 40.5. The fourth-order valence-corrected chi connectivity index (χ4v) is 2.49. The van der Waals surface area contributed by atoms with Crippen molar-refractivity contribution in [2.45, 2.75) is 65.6 Å². The van der Waals surface area contributed by atoms with Gasteiger partial charge >= 0.3 is 35.8 Å². The first-order valence-electron chi connectivity index (χ1n) is 13.2. The maximum atomic E-state index is 10.6. The van der Waals surface area contributed by atoms with Crippen LogP contribution in [0.15, 0.2) is 75.9 Å². The zero-order valence-electron chi connectivity index (χ0n) is 28.5. The molecule has 0 saturated heterocycles. The van der Waals surface area contributed by atoms with Gasteiger partial charge in [-0.15, -0.1) is 0 Å². The first-order chi connectivity index (χ1) is 21.4. The van der Waals surface area contributed by atoms with Crippen molar-refractivity contribution in [2.24, 2.45) is 10.8 Å². The van der Waals surface area contributed by atoms with E-state index in [0.717, 1.165) is 36.5 Å². The van der Waals surface area contributed by atoms with E-state index in [-0.39, 0.29) is 23.7 Å². The summed E-state index contributed by atoms with van der Waals surface area (Å²) in [6, 6.07) is 0. The standard InChI is InChI=1S/C14H30O4.6C3H4O2/c1-11(2,3)7-13(17,9-15)14(18,10-16)8-12(4,5)6;6*1-2-3(4)5/h15-18H,7-10H2,1-6H3;6*2H,1H2,(H,4,5)/t13-,14+;;;;;;. The summed E-state index contributed by atoms with van der Waals surface area (Å²) in [5.41, 5.74) is -3.93. The van der Waals surface area contributed by atoms with E-state index in [1.54, 1.807) is 0 Å². The summed E-state index contributed by atoms with van der Waals surface area (Å²) in [4.78, 5) is 55.5. The monoisotopic (exact) mass is 694 g/mol. The van der Waals surface area contributed by atoms with Crippen molar-refractivity contribution in [2.75, 3.05) is 13.2 Å². The van der Waals surface area contributed by atoms with Gasteiger partial charge in [-0.1, -0.05) is 81.0 Å². The van der Waals surface area contributed by atoms with Crippen molar-refractivity contribution in [3.05, 3.63) is 75.9 Å². The van der Waals surface area contributed by atoms with E-state index in [1.807, 2.05) is 41.5 Å². The lowest BCUT2D eigenvalue weighted by Gasteiger charge is -2.47. The SMILES string of the molecule is C=CC(=O)O.C=CC(=O)O.C=CC(=O)O.C=CC(=O)O.C=CC(=O)O.C=CC(=O)O.CC(C)(C)C[C@](O)(CO)[C@](O)(CO)CC(C)(C)C. The predicted octanol–water partition coefficient (Wildman–Crippen LogP) is 2.85. The topological polar surface area (TPSA) is 305 Å². The molecule has 10 N–H and O–H groups in total. The van der Waals surface area contributed by atoms with Crippen LogP contribution < -0.4 is 0 Å². The molecular weight excluding hydrogens is 640 g/mol. The lowest BCUT2D eigenvalue weighted by molar-refractivity contribution is -0.213. The molecule has 0 heterocycles. The van der Waals surface area contributed by atoms with Gasteiger partial charge in [-0.25, -0.2) is 28.8 Å². The Morgan fingerprint density at radius 3 is 0.562 bits per heavy atom. The van der Waals surface area contributed by atoms with E-state index in [2.05, 4.69) is 39.5 Å². The van der Waals surface area contributed by atoms with Crippen LogP contribution >= 0.6 is 0 Å². The van der Waals surface area contributed by atoms with Crippen LogP contribution in [0.3, 0.4) is 0 Å². The highest BCUT2D eigenvalue weighted by molar-refractivity contribution is 5.80. The van der Waals surface area contributed by atoms with Crippen molar-refractivity contribution in [3.8, 4) is 0 Å². The van der Waals surface area contributed by atoms with Crippen molar-refractivity contribution >= 4 is 35.8 Å². The minimum Gasteiger partial charge on any atom is -0.478 e. The van der Waals surface area contributed by atoms with Crippen LogP contribution in [-0.2, 0) is 28.8 Å². The maximum Gasteiger partial charge on any atom is 0.327 e. The maximum absolute atomic E-state index is 10.6. The molecule has 2 atom stereocenters. The molecule has 0 aliphatic heterocycles. The number of hydrogen-bond donors (Lipinski definition) is 10. The Kier molecular flexibility index (Phi) is 39.1. The van der Waals surface area contributed by atoms with Crippen molar-refractivity contribution in [1.29, 1.82) is 0 Å². The third kappa shape index (κ3) is 56.8. The number of carbonyl (C=O) groups is 6. The molecule has 48 heavy (non-hydrogen) atoms. The summed E-state index contributed by atoms with van der Waals surface area (Å²) in [6.45, 7) is 28.1. The summed E-state index contributed by atoms with van der Waals surface area (Å²) in [6.07, 6.45) is 5.42. The molecule has 0 aromatic carbocycles. The summed E-state index contributed by atoms with van der Waals surface area (Å²) < 4.78 is 0. The average Bonchev–Trinajstić information content (AvgIpc) is 2.96. The second kappa shape index (κ2) is 32.1. The van der Waals surface area contributed by atoms with Crippen LogP contribution in [-0.4, -0.2) is 111 Å². The van der Waals surface area contributed by atoms with Crippen LogP contribution in [0, 0.1) is 10.8 Å². The Hall–Kier alpha value is -4.90. The molecule has 278 valence electrons. The Labute approximate surface area is 281 Å². The molecule has 0 aliphatic rings. The Morgan fingerprint density at radius 1 is 0.417 bits per heavy atom. The number of hydrogen-bond acceptors (Lipinski definition) is 10. The van der Waals surface area contributed by atoms with Gasteiger partial charge in [0.05, 0.1) is 13.2 Å². The molecule has 0 spiro atoms. The van der Waals surface area contributed by atoms with E-state index in [4.69, 9.17) is 30.6 Å². The number of aliphatic hydroxyl groups is 4. The number of aliphatic hydroxyl groups excluding tert-OH is 2. The molecule has 0 saturated carbocycles. The van der Waals surface area contributed by atoms with Crippen molar-refractivity contribution in [3.63, 3.8) is 0 Å². The second-order valence-electron chi connectivity index (χ2n) is 11.1. The number of carboxylic acids is 6. The number of rotatable bonds is 11. The van der Waals surface area contributed by atoms with Crippen LogP contribution in [0.25, 0.3) is 0 Å². The van der Waals surface area contributed by atoms with Gasteiger partial charge in [-0.3, -0.25) is 0 Å². The minimum atomic E-state index is -1.70. The molecular formula is C32H54O16. The lowest BCUT2D eigenvalue weighted by Crippen LogP contribution is -2.61. The highest BCUT2D eigenvalue weighted by Gasteiger charge is 2.51. The molecule has 0 rings (SSSR count). The highest BCUT2D eigenvalue weighted by atomic mass is 16.4. The third-order valence-corrected chi connectivity index (χ3v) is 4.08. The second-order valence-corrected chi connectivity index (χ2v) is 11.1. The summed E-state index contributed by atoms with van der Waals surface area (Å²) in [5, 5.41) is 85.8. The average molecular weight is 695 g/mol. The van der Waals surface area contributed by atoms with E-state index in [1.165, 1.54) is 0 Å². The molecule has 0 aromatic rings. The number of carboxylic acid groups (broad SMARTS) is 6. The first kappa shape index (κ1) is 58.6. The van der Waals surface area contributed by atoms with Gasteiger partial charge in [0.2, 0.25) is 0 Å². The molecule has 0 bridgehead atoms. The lowest BCUT2D eigenvalue weighted by atomic mass is 9.68. The van der Waals surface area contributed by atoms with Crippen LogP contribution in [0.5, 0.6) is 0 Å². The van der Waals surface area contributed by atoms with Gasteiger partial charge < -0.3 is 51.1 Å². The summed E-state index contributed by atoms with van der Waals surface area (Å²) >= 11 is 0. The Bertz CT molecular complexity index is 864. The summed E-state index contributed by atoms with van der Waals surface area (Å²) in [7, 11) is 0. The minimum absolute atomic E-state index is 0.212. The predicted molar refractivity (Wildman–Crippen MR) is 179 cm³/mol. The van der Waals surface area contributed by atoms with Crippen molar-refractivity contribution < 1.29 is 79.8 Å². The van der Waals surface area contributed by atoms with Crippen LogP contribution in [0.2, 0.25) is 0 Å². The van der Waals surface area contributed by atoms with Gasteiger partial charge in [0, 0.05) is 36.5 Å². The molecule has 0 unspecified atom stereocenters. The highest BCUT2D eigenvalue weighted by Crippen LogP contribution is 2.40. The fourth-order valence-electron chi connectivity index (χ4n) is 2.49. The van der Waals surface area contributed by atoms with E-state index in [9.17, 15) is 49.2 Å². The van der Waals surface area contributed by atoms with Gasteiger partial charge in [0.15, 0.2) is 0 Å². The van der Waals surface area contributed by atoms with E-state index in [0.29, 0.717) is 0 Å². The molecule has 0 fully saturated rings. The molecule has 16 nitrogen and oxygen atoms in total. The first-order valence-corrected chi connectivity index (χ1v) is 13.2. The Balaban J connectivity index is -0.0000000922. The van der Waals surface area contributed by atoms with Gasteiger partial charge in [-0.2, -0.15) is 0 Å². The molecule has 0 aliphatic carbocycles. The molecule has 0 aromatic heterocycles. The van der Waals surface area contributed by atoms with Gasteiger partial charge in [-0.05, 0) is 23.7 Å². The van der Waals surface area contributed by atoms with Gasteiger partial charge in [0.25, 0.3) is 0 Å². The zero-order valence-corrected chi connectivity index (χ0v) is 28.5. The van der Waals surface area contributed by atoms with Crippen LogP contribution in [0.1, 0.15) is 54.4 Å². The van der Waals surface area contributed by atoms with Crippen molar-refractivity contribution in [1.82, 2.24) is 0 Å². The quantitative estimate of drug-likeness (QED) is 0.139. The largest absolute Gasteiger partial charge is 0.478 e.